The molecule has 0 unspecified atom stereocenters. The monoisotopic (exact) mass is 448 g/mol. The van der Waals surface area contributed by atoms with Crippen molar-refractivity contribution in [2.75, 3.05) is 26.4 Å². The summed E-state index contributed by atoms with van der Waals surface area (Å²) in [6, 6.07) is 8.85. The molecule has 1 aromatic carbocycles. The van der Waals surface area contributed by atoms with Crippen molar-refractivity contribution in [2.45, 2.75) is 96.8 Å². The molecule has 182 valence electrons. The van der Waals surface area contributed by atoms with Crippen LogP contribution in [0.3, 0.4) is 0 Å². The minimum atomic E-state index is -0.363. The summed E-state index contributed by atoms with van der Waals surface area (Å²) < 4.78 is 15.6. The molecule has 0 aromatic heterocycles. The first-order chi connectivity index (χ1) is 15.7. The van der Waals surface area contributed by atoms with Gasteiger partial charge in [-0.1, -0.05) is 102 Å². The maximum absolute atomic E-state index is 11.7. The third kappa shape index (κ3) is 16.8. The number of unbranched alkanes of at least 4 members (excludes halogenated alkanes) is 12. The average Bonchev–Trinajstić information content (AvgIpc) is 2.81. The quantitative estimate of drug-likeness (QED) is 0.151. The lowest BCUT2D eigenvalue weighted by Gasteiger charge is -2.07. The molecule has 0 heterocycles. The van der Waals surface area contributed by atoms with E-state index >= 15 is 0 Å². The molecule has 1 rings (SSSR count). The summed E-state index contributed by atoms with van der Waals surface area (Å²) in [6.45, 7) is 3.28. The maximum Gasteiger partial charge on any atom is 0.338 e. The van der Waals surface area contributed by atoms with Crippen LogP contribution in [0.25, 0.3) is 0 Å². The van der Waals surface area contributed by atoms with E-state index < -0.39 is 0 Å². The van der Waals surface area contributed by atoms with Gasteiger partial charge in [0.2, 0.25) is 0 Å². The van der Waals surface area contributed by atoms with Gasteiger partial charge in [0.1, 0.15) is 13.2 Å². The Kier molecular flexibility index (Phi) is 18.5. The largest absolute Gasteiger partial charge is 0.463 e. The minimum absolute atomic E-state index is 0.160. The average molecular weight is 449 g/mol. The highest BCUT2D eigenvalue weighted by Gasteiger charge is 2.06. The summed E-state index contributed by atoms with van der Waals surface area (Å²) in [5.74, 6) is -0.523. The van der Waals surface area contributed by atoms with Crippen LogP contribution in [-0.2, 0) is 19.0 Å². The van der Waals surface area contributed by atoms with Gasteiger partial charge in [0.25, 0.3) is 0 Å². The molecule has 5 nitrogen and oxygen atoms in total. The van der Waals surface area contributed by atoms with Crippen molar-refractivity contribution in [3.05, 3.63) is 35.9 Å². The fourth-order valence-electron chi connectivity index (χ4n) is 3.53. The summed E-state index contributed by atoms with van der Waals surface area (Å²) in [6.07, 6.45) is 17.3. The van der Waals surface area contributed by atoms with E-state index in [4.69, 9.17) is 14.2 Å². The van der Waals surface area contributed by atoms with Gasteiger partial charge in [0.15, 0.2) is 0 Å². The van der Waals surface area contributed by atoms with Crippen molar-refractivity contribution in [3.8, 4) is 0 Å². The van der Waals surface area contributed by atoms with Crippen LogP contribution in [0.1, 0.15) is 107 Å². The lowest BCUT2D eigenvalue weighted by atomic mass is 10.0. The number of carbonyl (C=O) groups excluding carboxylic acids is 2. The molecular formula is C27H44O5. The lowest BCUT2D eigenvalue weighted by Crippen LogP contribution is -2.14. The molecule has 0 aliphatic rings. The summed E-state index contributed by atoms with van der Waals surface area (Å²) in [5, 5.41) is 0. The molecule has 0 aliphatic carbocycles. The van der Waals surface area contributed by atoms with Gasteiger partial charge < -0.3 is 14.2 Å². The first-order valence-electron chi connectivity index (χ1n) is 12.7. The first kappa shape index (κ1) is 28.2. The van der Waals surface area contributed by atoms with Crippen LogP contribution in [0.15, 0.2) is 30.3 Å². The van der Waals surface area contributed by atoms with Crippen LogP contribution < -0.4 is 0 Å². The number of esters is 2. The number of hydrogen-bond donors (Lipinski definition) is 0. The zero-order valence-electron chi connectivity index (χ0n) is 20.2. The molecule has 0 fully saturated rings. The lowest BCUT2D eigenvalue weighted by molar-refractivity contribution is -0.145. The third-order valence-corrected chi connectivity index (χ3v) is 5.45. The van der Waals surface area contributed by atoms with Crippen LogP contribution in [0, 0.1) is 0 Å². The Morgan fingerprint density at radius 1 is 0.625 bits per heavy atom. The summed E-state index contributed by atoms with van der Waals surface area (Å²) in [7, 11) is 0. The fourth-order valence-corrected chi connectivity index (χ4v) is 3.53. The second-order valence-corrected chi connectivity index (χ2v) is 8.33. The topological polar surface area (TPSA) is 61.8 Å². The zero-order chi connectivity index (χ0) is 23.1. The van der Waals surface area contributed by atoms with Gasteiger partial charge in [-0.2, -0.15) is 0 Å². The molecule has 0 N–H and O–H groups in total. The highest BCUT2D eigenvalue weighted by Crippen LogP contribution is 2.13. The molecule has 0 saturated heterocycles. The van der Waals surface area contributed by atoms with Crippen LogP contribution in [0.5, 0.6) is 0 Å². The second kappa shape index (κ2) is 21.0. The highest BCUT2D eigenvalue weighted by molar-refractivity contribution is 5.89. The molecule has 0 saturated carbocycles. The van der Waals surface area contributed by atoms with Crippen molar-refractivity contribution in [2.24, 2.45) is 0 Å². The molecule has 1 aromatic rings. The van der Waals surface area contributed by atoms with Crippen LogP contribution in [0.2, 0.25) is 0 Å². The standard InChI is InChI=1S/C27H44O5/c1-2-3-4-5-6-7-8-9-10-11-12-13-17-20-26(28)31-23-21-30-22-24-32-27(29)25-18-15-14-16-19-25/h14-16,18-19H,2-13,17,20-24H2,1H3. The van der Waals surface area contributed by atoms with Gasteiger partial charge in [-0.3, -0.25) is 4.79 Å². The van der Waals surface area contributed by atoms with E-state index in [0.29, 0.717) is 18.6 Å². The second-order valence-electron chi connectivity index (χ2n) is 8.33. The summed E-state index contributed by atoms with van der Waals surface area (Å²) >= 11 is 0. The highest BCUT2D eigenvalue weighted by atomic mass is 16.6. The van der Waals surface area contributed by atoms with Crippen molar-refractivity contribution in [3.63, 3.8) is 0 Å². The maximum atomic E-state index is 11.7. The molecule has 0 aliphatic heterocycles. The Morgan fingerprint density at radius 2 is 1.12 bits per heavy atom. The number of benzene rings is 1. The predicted molar refractivity (Wildman–Crippen MR) is 129 cm³/mol. The van der Waals surface area contributed by atoms with E-state index in [0.717, 1.165) is 12.8 Å². The van der Waals surface area contributed by atoms with Crippen molar-refractivity contribution in [1.82, 2.24) is 0 Å². The fraction of sp³-hybridized carbons (Fsp3) is 0.704. The molecule has 5 heteroatoms. The minimum Gasteiger partial charge on any atom is -0.463 e. The van der Waals surface area contributed by atoms with Gasteiger partial charge in [0, 0.05) is 6.42 Å². The van der Waals surface area contributed by atoms with E-state index in [1.807, 2.05) is 6.07 Å². The normalized spacial score (nSPS) is 10.8. The van der Waals surface area contributed by atoms with Gasteiger partial charge in [-0.15, -0.1) is 0 Å². The van der Waals surface area contributed by atoms with E-state index in [1.165, 1.54) is 70.6 Å². The first-order valence-corrected chi connectivity index (χ1v) is 12.7. The predicted octanol–water partition coefficient (Wildman–Crippen LogP) is 6.88. The van der Waals surface area contributed by atoms with Crippen molar-refractivity contribution < 1.29 is 23.8 Å². The van der Waals surface area contributed by atoms with Crippen molar-refractivity contribution in [1.29, 1.82) is 0 Å². The number of rotatable bonds is 21. The third-order valence-electron chi connectivity index (χ3n) is 5.45. The molecule has 0 bridgehead atoms. The SMILES string of the molecule is CCCCCCCCCCCCCCCC(=O)OCCOCCOC(=O)c1ccccc1. The van der Waals surface area contributed by atoms with Gasteiger partial charge in [0.05, 0.1) is 18.8 Å². The Labute approximate surface area is 195 Å². The molecule has 0 amide bonds. The van der Waals surface area contributed by atoms with Crippen LogP contribution in [0.4, 0.5) is 0 Å². The Balaban J connectivity index is 1.79. The number of carbonyl (C=O) groups is 2. The van der Waals surface area contributed by atoms with Crippen LogP contribution >= 0.6 is 0 Å². The Morgan fingerprint density at radius 3 is 1.69 bits per heavy atom. The van der Waals surface area contributed by atoms with Crippen molar-refractivity contribution >= 4 is 11.9 Å². The van der Waals surface area contributed by atoms with Crippen LogP contribution in [-0.4, -0.2) is 38.4 Å². The van der Waals surface area contributed by atoms with Gasteiger partial charge in [-0.25, -0.2) is 4.79 Å². The van der Waals surface area contributed by atoms with E-state index in [1.54, 1.807) is 24.3 Å². The molecule has 0 radical (unpaired) electrons. The van der Waals surface area contributed by atoms with E-state index in [-0.39, 0.29) is 31.8 Å². The number of ether oxygens (including phenoxy) is 3. The number of hydrogen-bond acceptors (Lipinski definition) is 5. The van der Waals surface area contributed by atoms with Gasteiger partial charge in [-0.05, 0) is 18.6 Å². The summed E-state index contributed by atoms with van der Waals surface area (Å²) in [4.78, 5) is 23.5. The molecule has 0 atom stereocenters. The molecule has 0 spiro atoms. The smallest absolute Gasteiger partial charge is 0.338 e. The molecule has 32 heavy (non-hydrogen) atoms. The van der Waals surface area contributed by atoms with Gasteiger partial charge >= 0.3 is 11.9 Å². The van der Waals surface area contributed by atoms with E-state index in [9.17, 15) is 9.59 Å². The zero-order valence-corrected chi connectivity index (χ0v) is 20.2. The Bertz CT molecular complexity index is 573. The summed E-state index contributed by atoms with van der Waals surface area (Å²) in [5.41, 5.74) is 0.523. The Hall–Kier alpha value is -1.88. The van der Waals surface area contributed by atoms with E-state index in [2.05, 4.69) is 6.92 Å². The molecular weight excluding hydrogens is 404 g/mol.